The number of nitrogens with zero attached hydrogens (tertiary/aromatic N) is 1. The van der Waals surface area contributed by atoms with Gasteiger partial charge in [0.05, 0.1) is 18.9 Å². The summed E-state index contributed by atoms with van der Waals surface area (Å²) in [5, 5.41) is 2.51. The van der Waals surface area contributed by atoms with Crippen molar-refractivity contribution in [3.63, 3.8) is 0 Å². The fourth-order valence-electron chi connectivity index (χ4n) is 2.23. The molecule has 0 aliphatic carbocycles. The van der Waals surface area contributed by atoms with Gasteiger partial charge in [0.2, 0.25) is 11.8 Å². The third kappa shape index (κ3) is 5.83. The van der Waals surface area contributed by atoms with Gasteiger partial charge in [0.1, 0.15) is 5.75 Å². The first kappa shape index (κ1) is 18.9. The van der Waals surface area contributed by atoms with Crippen molar-refractivity contribution in [1.29, 1.82) is 0 Å². The molecule has 0 fully saturated rings. The second-order valence-electron chi connectivity index (χ2n) is 5.54. The monoisotopic (exact) mass is 358 g/mol. The second-order valence-corrected chi connectivity index (χ2v) is 6.96. The Bertz CT molecular complexity index is 704. The van der Waals surface area contributed by atoms with E-state index in [0.29, 0.717) is 5.69 Å². The lowest BCUT2D eigenvalue weighted by Gasteiger charge is -2.20. The zero-order chi connectivity index (χ0) is 18.2. The normalized spacial score (nSPS) is 11.5. The van der Waals surface area contributed by atoms with E-state index in [4.69, 9.17) is 4.74 Å². The lowest BCUT2D eigenvalue weighted by molar-refractivity contribution is -0.132. The molecule has 0 saturated heterocycles. The van der Waals surface area contributed by atoms with Gasteiger partial charge in [0.25, 0.3) is 0 Å². The van der Waals surface area contributed by atoms with Gasteiger partial charge in [-0.2, -0.15) is 0 Å². The third-order valence-electron chi connectivity index (χ3n) is 3.53. The Morgan fingerprint density at radius 2 is 1.76 bits per heavy atom. The van der Waals surface area contributed by atoms with E-state index in [-0.39, 0.29) is 23.6 Å². The highest BCUT2D eigenvalue weighted by molar-refractivity contribution is 8.00. The van der Waals surface area contributed by atoms with Gasteiger partial charge in [-0.25, -0.2) is 0 Å². The zero-order valence-corrected chi connectivity index (χ0v) is 15.4. The minimum absolute atomic E-state index is 0.00452. The van der Waals surface area contributed by atoms with E-state index in [9.17, 15) is 9.59 Å². The molecule has 6 heteroatoms. The van der Waals surface area contributed by atoms with Crippen LogP contribution < -0.4 is 10.1 Å². The Labute approximate surface area is 152 Å². The zero-order valence-electron chi connectivity index (χ0n) is 14.6. The SMILES string of the molecule is COc1ccc(NC(=O)CN(C)C(=O)C(C)Sc2ccccc2)cc1. The predicted octanol–water partition coefficient (Wildman–Crippen LogP) is 3.27. The van der Waals surface area contributed by atoms with E-state index >= 15 is 0 Å². The topological polar surface area (TPSA) is 58.6 Å². The van der Waals surface area contributed by atoms with Crippen molar-refractivity contribution in [3.05, 3.63) is 54.6 Å². The number of rotatable bonds is 7. The van der Waals surface area contributed by atoms with Crippen molar-refractivity contribution in [1.82, 2.24) is 4.90 Å². The van der Waals surface area contributed by atoms with Gasteiger partial charge in [-0.1, -0.05) is 18.2 Å². The van der Waals surface area contributed by atoms with Crippen molar-refractivity contribution in [3.8, 4) is 5.75 Å². The number of amides is 2. The predicted molar refractivity (Wildman–Crippen MR) is 101 cm³/mol. The minimum Gasteiger partial charge on any atom is -0.497 e. The van der Waals surface area contributed by atoms with Crippen LogP contribution >= 0.6 is 11.8 Å². The molecule has 0 heterocycles. The molecular formula is C19H22N2O3S. The van der Waals surface area contributed by atoms with Crippen LogP contribution in [0.3, 0.4) is 0 Å². The van der Waals surface area contributed by atoms with Crippen LogP contribution in [0.2, 0.25) is 0 Å². The molecular weight excluding hydrogens is 336 g/mol. The van der Waals surface area contributed by atoms with E-state index in [2.05, 4.69) is 5.32 Å². The average Bonchev–Trinajstić information content (AvgIpc) is 2.62. The van der Waals surface area contributed by atoms with Gasteiger partial charge in [0, 0.05) is 17.6 Å². The number of anilines is 1. The number of nitrogens with one attached hydrogen (secondary N) is 1. The summed E-state index contributed by atoms with van der Waals surface area (Å²) >= 11 is 1.48. The number of benzene rings is 2. The molecule has 25 heavy (non-hydrogen) atoms. The molecule has 0 saturated carbocycles. The molecule has 0 aliphatic rings. The average molecular weight is 358 g/mol. The summed E-state index contributed by atoms with van der Waals surface area (Å²) in [5.74, 6) is 0.397. The van der Waals surface area contributed by atoms with Crippen molar-refractivity contribution < 1.29 is 14.3 Å². The Morgan fingerprint density at radius 1 is 1.12 bits per heavy atom. The minimum atomic E-state index is -0.263. The van der Waals surface area contributed by atoms with E-state index in [1.165, 1.54) is 16.7 Å². The fourth-order valence-corrected chi connectivity index (χ4v) is 3.24. The number of thioether (sulfide) groups is 1. The quantitative estimate of drug-likeness (QED) is 0.772. The summed E-state index contributed by atoms with van der Waals surface area (Å²) in [6.45, 7) is 1.85. The van der Waals surface area contributed by atoms with Gasteiger partial charge in [-0.05, 0) is 43.3 Å². The number of methoxy groups -OCH3 is 1. The number of hydrogen-bond donors (Lipinski definition) is 1. The smallest absolute Gasteiger partial charge is 0.243 e. The Balaban J connectivity index is 1.85. The maximum absolute atomic E-state index is 12.4. The molecule has 2 amide bonds. The maximum Gasteiger partial charge on any atom is 0.243 e. The van der Waals surface area contributed by atoms with E-state index in [0.717, 1.165) is 10.6 Å². The van der Waals surface area contributed by atoms with Crippen molar-refractivity contribution >= 4 is 29.3 Å². The molecule has 132 valence electrons. The molecule has 0 aliphatic heterocycles. The van der Waals surface area contributed by atoms with Gasteiger partial charge in [0.15, 0.2) is 0 Å². The van der Waals surface area contributed by atoms with Crippen LogP contribution in [0, 0.1) is 0 Å². The van der Waals surface area contributed by atoms with Gasteiger partial charge >= 0.3 is 0 Å². The molecule has 1 N–H and O–H groups in total. The molecule has 0 bridgehead atoms. The number of carbonyl (C=O) groups excluding carboxylic acids is 2. The highest BCUT2D eigenvalue weighted by Gasteiger charge is 2.20. The molecule has 2 rings (SSSR count). The van der Waals surface area contributed by atoms with Crippen LogP contribution in [0.25, 0.3) is 0 Å². The molecule has 5 nitrogen and oxygen atoms in total. The maximum atomic E-state index is 12.4. The molecule has 0 spiro atoms. The molecule has 0 radical (unpaired) electrons. The largest absolute Gasteiger partial charge is 0.497 e. The van der Waals surface area contributed by atoms with Gasteiger partial charge in [-0.3, -0.25) is 9.59 Å². The first-order valence-electron chi connectivity index (χ1n) is 7.90. The summed E-state index contributed by atoms with van der Waals surface area (Å²) in [5.41, 5.74) is 0.665. The number of likely N-dealkylation sites (N-methyl/N-ethyl adjacent to an activating group) is 1. The Kier molecular flexibility index (Phi) is 6.89. The number of carbonyl (C=O) groups is 2. The van der Waals surface area contributed by atoms with Crippen molar-refractivity contribution in [2.45, 2.75) is 17.1 Å². The summed E-state index contributed by atoms with van der Waals surface area (Å²) in [6.07, 6.45) is 0. The van der Waals surface area contributed by atoms with Gasteiger partial charge < -0.3 is 15.0 Å². The number of hydrogen-bond acceptors (Lipinski definition) is 4. The summed E-state index contributed by atoms with van der Waals surface area (Å²) in [6, 6.07) is 16.8. The van der Waals surface area contributed by atoms with Crippen LogP contribution in [0.5, 0.6) is 5.75 Å². The van der Waals surface area contributed by atoms with Crippen LogP contribution in [-0.4, -0.2) is 42.7 Å². The third-order valence-corrected chi connectivity index (χ3v) is 4.63. The van der Waals surface area contributed by atoms with Crippen LogP contribution in [0.15, 0.2) is 59.5 Å². The molecule has 2 aromatic rings. The highest BCUT2D eigenvalue weighted by Crippen LogP contribution is 2.23. The van der Waals surface area contributed by atoms with Gasteiger partial charge in [-0.15, -0.1) is 11.8 Å². The Hall–Kier alpha value is -2.47. The molecule has 1 atom stereocenters. The molecule has 0 aromatic heterocycles. The lowest BCUT2D eigenvalue weighted by atomic mass is 10.3. The molecule has 1 unspecified atom stereocenters. The summed E-state index contributed by atoms with van der Waals surface area (Å²) in [4.78, 5) is 27.0. The van der Waals surface area contributed by atoms with E-state index < -0.39 is 0 Å². The van der Waals surface area contributed by atoms with Crippen LogP contribution in [-0.2, 0) is 9.59 Å². The van der Waals surface area contributed by atoms with Crippen molar-refractivity contribution in [2.24, 2.45) is 0 Å². The number of ether oxygens (including phenoxy) is 1. The second kappa shape index (κ2) is 9.13. The first-order valence-corrected chi connectivity index (χ1v) is 8.78. The van der Waals surface area contributed by atoms with Crippen LogP contribution in [0.1, 0.15) is 6.92 Å². The first-order chi connectivity index (χ1) is 12.0. The van der Waals surface area contributed by atoms with Crippen molar-refractivity contribution in [2.75, 3.05) is 26.0 Å². The summed E-state index contributed by atoms with van der Waals surface area (Å²) in [7, 11) is 3.22. The molecule has 2 aromatic carbocycles. The highest BCUT2D eigenvalue weighted by atomic mass is 32.2. The Morgan fingerprint density at radius 3 is 2.36 bits per heavy atom. The fraction of sp³-hybridized carbons (Fsp3) is 0.263. The lowest BCUT2D eigenvalue weighted by Crippen LogP contribution is -2.38. The van der Waals surface area contributed by atoms with E-state index in [1.807, 2.05) is 37.3 Å². The van der Waals surface area contributed by atoms with Crippen LogP contribution in [0.4, 0.5) is 5.69 Å². The standard InChI is InChI=1S/C19H22N2O3S/c1-14(25-17-7-5-4-6-8-17)19(23)21(2)13-18(22)20-15-9-11-16(24-3)12-10-15/h4-12,14H,13H2,1-3H3,(H,20,22). The van der Waals surface area contributed by atoms with E-state index in [1.54, 1.807) is 38.4 Å². The summed E-state index contributed by atoms with van der Waals surface area (Å²) < 4.78 is 5.08.